The molecule has 3 N–H and O–H groups in total. The Hall–Kier alpha value is -4.17. The molecule has 1 aliphatic heterocycles. The third-order valence-electron chi connectivity index (χ3n) is 7.29. The van der Waals surface area contributed by atoms with E-state index in [4.69, 9.17) is 0 Å². The molecule has 0 bridgehead atoms. The number of benzene rings is 1. The van der Waals surface area contributed by atoms with Crippen LogP contribution in [0.2, 0.25) is 0 Å². The van der Waals surface area contributed by atoms with Crippen LogP contribution in [0.15, 0.2) is 42.2 Å². The summed E-state index contributed by atoms with van der Waals surface area (Å²) >= 11 is 1.16. The van der Waals surface area contributed by atoms with E-state index in [0.717, 1.165) is 11.3 Å². The second-order valence-electron chi connectivity index (χ2n) is 10.2. The molecule has 1 fully saturated rings. The van der Waals surface area contributed by atoms with Gasteiger partial charge < -0.3 is 25.8 Å². The number of amides is 4. The summed E-state index contributed by atoms with van der Waals surface area (Å²) in [5.41, 5.74) is 2.23. The molecule has 4 rings (SSSR count). The Bertz CT molecular complexity index is 1420. The minimum absolute atomic E-state index is 0.0775. The lowest BCUT2D eigenvalue weighted by Gasteiger charge is -2.36. The molecule has 0 saturated carbocycles. The predicted molar refractivity (Wildman–Crippen MR) is 156 cm³/mol. The van der Waals surface area contributed by atoms with Gasteiger partial charge in [-0.05, 0) is 44.7 Å². The van der Waals surface area contributed by atoms with Crippen molar-refractivity contribution in [2.24, 2.45) is 0 Å². The number of anilines is 1. The maximum atomic E-state index is 15.3. The SMILES string of the molecule is CCn1nccc1C(=O)N[C@@H](C)C(=O)Nc1ccc([C@H](C)[C@@H](NC(=O)c2cncs2)C(=O)N2CCN(C)CC2)cc1F. The molecule has 12 nitrogen and oxygen atoms in total. The van der Waals surface area contributed by atoms with Crippen molar-refractivity contribution in [2.45, 2.75) is 45.3 Å². The summed E-state index contributed by atoms with van der Waals surface area (Å²) in [6.45, 7) is 8.02. The Morgan fingerprint density at radius 2 is 1.79 bits per heavy atom. The van der Waals surface area contributed by atoms with E-state index >= 15 is 4.39 Å². The molecule has 3 atom stereocenters. The number of carbonyl (C=O) groups excluding carboxylic acids is 4. The lowest BCUT2D eigenvalue weighted by molar-refractivity contribution is -0.135. The summed E-state index contributed by atoms with van der Waals surface area (Å²) in [6, 6.07) is 3.90. The fourth-order valence-corrected chi connectivity index (χ4v) is 5.15. The van der Waals surface area contributed by atoms with Crippen LogP contribution in [-0.4, -0.2) is 93.5 Å². The summed E-state index contributed by atoms with van der Waals surface area (Å²) < 4.78 is 16.8. The van der Waals surface area contributed by atoms with Crippen LogP contribution in [0.25, 0.3) is 0 Å². The molecule has 0 unspecified atom stereocenters. The van der Waals surface area contributed by atoms with Gasteiger partial charge in [-0.2, -0.15) is 5.10 Å². The van der Waals surface area contributed by atoms with Crippen LogP contribution in [0.5, 0.6) is 0 Å². The highest BCUT2D eigenvalue weighted by molar-refractivity contribution is 7.11. The first-order chi connectivity index (χ1) is 20.1. The minimum Gasteiger partial charge on any atom is -0.339 e. The molecule has 0 spiro atoms. The highest BCUT2D eigenvalue weighted by Crippen LogP contribution is 2.26. The van der Waals surface area contributed by atoms with Gasteiger partial charge in [-0.3, -0.25) is 28.8 Å². The van der Waals surface area contributed by atoms with Crippen LogP contribution >= 0.6 is 11.3 Å². The first kappa shape index (κ1) is 30.8. The Kier molecular flexibility index (Phi) is 10.0. The van der Waals surface area contributed by atoms with Gasteiger partial charge >= 0.3 is 0 Å². The zero-order valence-electron chi connectivity index (χ0n) is 24.0. The molecule has 1 aliphatic rings. The molecule has 0 radical (unpaired) electrons. The lowest BCUT2D eigenvalue weighted by atomic mass is 9.91. The molecule has 2 aromatic heterocycles. The molecule has 0 aliphatic carbocycles. The number of thiazole rings is 1. The molecule has 42 heavy (non-hydrogen) atoms. The van der Waals surface area contributed by atoms with Crippen molar-refractivity contribution in [3.8, 4) is 0 Å². The van der Waals surface area contributed by atoms with Crippen molar-refractivity contribution in [3.63, 3.8) is 0 Å². The molecule has 14 heteroatoms. The number of halogens is 1. The molecular formula is C28H35FN8O4S. The topological polar surface area (TPSA) is 142 Å². The van der Waals surface area contributed by atoms with Crippen molar-refractivity contribution in [3.05, 3.63) is 64.1 Å². The normalized spacial score (nSPS) is 15.9. The van der Waals surface area contributed by atoms with Crippen molar-refractivity contribution >= 4 is 40.7 Å². The third-order valence-corrected chi connectivity index (χ3v) is 8.06. The van der Waals surface area contributed by atoms with Gasteiger partial charge in [-0.25, -0.2) is 4.39 Å². The molecule has 1 aromatic carbocycles. The summed E-state index contributed by atoms with van der Waals surface area (Å²) in [5.74, 6) is -3.06. The number of aromatic nitrogens is 3. The zero-order valence-corrected chi connectivity index (χ0v) is 24.8. The summed E-state index contributed by atoms with van der Waals surface area (Å²) in [5, 5.41) is 12.0. The number of hydrogen-bond donors (Lipinski definition) is 3. The van der Waals surface area contributed by atoms with Crippen LogP contribution in [0.4, 0.5) is 10.1 Å². The van der Waals surface area contributed by atoms with E-state index in [1.807, 2.05) is 14.0 Å². The highest BCUT2D eigenvalue weighted by atomic mass is 32.1. The standard InChI is InChI=1S/C28H35FN8O4S/c1-5-37-22(8-9-31-37)26(39)32-18(3)25(38)33-21-7-6-19(14-20(21)29)17(2)24(34-27(40)23-15-30-16-42-23)28(41)36-12-10-35(4)11-13-36/h6-9,14-18,24H,5,10-13H2,1-4H3,(H,32,39)(H,33,38)(H,34,40)/t17-,18-,24+/m0/s1. The van der Waals surface area contributed by atoms with Crippen LogP contribution in [-0.2, 0) is 16.1 Å². The van der Waals surface area contributed by atoms with E-state index in [1.54, 1.807) is 24.0 Å². The van der Waals surface area contributed by atoms with Gasteiger partial charge in [-0.15, -0.1) is 11.3 Å². The average Bonchev–Trinajstić information content (AvgIpc) is 3.69. The third kappa shape index (κ3) is 7.18. The molecule has 1 saturated heterocycles. The number of carbonyl (C=O) groups is 4. The monoisotopic (exact) mass is 598 g/mol. The maximum absolute atomic E-state index is 15.3. The largest absolute Gasteiger partial charge is 0.339 e. The second kappa shape index (κ2) is 13.7. The highest BCUT2D eigenvalue weighted by Gasteiger charge is 2.34. The summed E-state index contributed by atoms with van der Waals surface area (Å²) in [7, 11) is 1.98. The van der Waals surface area contributed by atoms with Gasteiger partial charge in [0.15, 0.2) is 0 Å². The minimum atomic E-state index is -0.955. The van der Waals surface area contributed by atoms with Gasteiger partial charge in [0.1, 0.15) is 28.5 Å². The first-order valence-corrected chi connectivity index (χ1v) is 14.6. The zero-order chi connectivity index (χ0) is 30.4. The van der Waals surface area contributed by atoms with E-state index in [-0.39, 0.29) is 11.6 Å². The number of nitrogens with zero attached hydrogens (tertiary/aromatic N) is 5. The Labute approximate surface area is 247 Å². The summed E-state index contributed by atoms with van der Waals surface area (Å²) in [6.07, 6.45) is 2.93. The van der Waals surface area contributed by atoms with Gasteiger partial charge in [-0.1, -0.05) is 13.0 Å². The number of hydrogen-bond acceptors (Lipinski definition) is 8. The van der Waals surface area contributed by atoms with E-state index in [2.05, 4.69) is 30.9 Å². The maximum Gasteiger partial charge on any atom is 0.270 e. The summed E-state index contributed by atoms with van der Waals surface area (Å²) in [4.78, 5) is 59.9. The van der Waals surface area contributed by atoms with Crippen LogP contribution < -0.4 is 16.0 Å². The van der Waals surface area contributed by atoms with E-state index in [9.17, 15) is 19.2 Å². The van der Waals surface area contributed by atoms with Crippen LogP contribution in [0, 0.1) is 5.82 Å². The average molecular weight is 599 g/mol. The molecule has 224 valence electrons. The fourth-order valence-electron chi connectivity index (χ4n) is 4.63. The number of likely N-dealkylation sites (N-methyl/N-ethyl adjacent to an activating group) is 1. The number of aryl methyl sites for hydroxylation is 1. The molecule has 4 amide bonds. The molecule has 3 aromatic rings. The second-order valence-corrected chi connectivity index (χ2v) is 11.1. The van der Waals surface area contributed by atoms with Gasteiger partial charge in [0.05, 0.1) is 17.4 Å². The smallest absolute Gasteiger partial charge is 0.270 e. The van der Waals surface area contributed by atoms with Crippen molar-refractivity contribution in [2.75, 3.05) is 38.5 Å². The van der Waals surface area contributed by atoms with E-state index < -0.39 is 41.5 Å². The van der Waals surface area contributed by atoms with E-state index in [1.165, 1.54) is 41.6 Å². The van der Waals surface area contributed by atoms with Gasteiger partial charge in [0.2, 0.25) is 11.8 Å². The Morgan fingerprint density at radius 1 is 1.05 bits per heavy atom. The van der Waals surface area contributed by atoms with Gasteiger partial charge in [0.25, 0.3) is 11.8 Å². The number of rotatable bonds is 10. The quantitative estimate of drug-likeness (QED) is 0.324. The van der Waals surface area contributed by atoms with Crippen molar-refractivity contribution in [1.29, 1.82) is 0 Å². The lowest BCUT2D eigenvalue weighted by Crippen LogP contribution is -2.55. The van der Waals surface area contributed by atoms with Gasteiger partial charge in [0, 0.05) is 44.8 Å². The van der Waals surface area contributed by atoms with E-state index in [0.29, 0.717) is 48.9 Å². The van der Waals surface area contributed by atoms with Crippen molar-refractivity contribution < 1.29 is 23.6 Å². The Morgan fingerprint density at radius 3 is 2.43 bits per heavy atom. The number of piperazine rings is 1. The van der Waals surface area contributed by atoms with Crippen molar-refractivity contribution in [1.82, 2.24) is 35.2 Å². The number of nitrogens with one attached hydrogen (secondary N) is 3. The Balaban J connectivity index is 1.46. The fraction of sp³-hybridized carbons (Fsp3) is 0.429. The first-order valence-electron chi connectivity index (χ1n) is 13.7. The van der Waals surface area contributed by atoms with Crippen LogP contribution in [0.1, 0.15) is 52.4 Å². The molecular weight excluding hydrogens is 563 g/mol. The molecule has 3 heterocycles. The predicted octanol–water partition coefficient (Wildman–Crippen LogP) is 1.93. The van der Waals surface area contributed by atoms with Crippen LogP contribution in [0.3, 0.4) is 0 Å².